The number of carbonyl (C=O) groups is 1. The standard InChI is InChI=1S/C13H8Br2FN3O2/c1-21-13(20)12-10(18)6(4-17)5-19(12)11-8(15)2-7(14)3-9(11)16/h2-3,5H,18H2,1H3. The maximum atomic E-state index is 14.2. The van der Waals surface area contributed by atoms with Gasteiger partial charge < -0.3 is 15.0 Å². The van der Waals surface area contributed by atoms with Gasteiger partial charge >= 0.3 is 5.97 Å². The second-order valence-electron chi connectivity index (χ2n) is 4.00. The van der Waals surface area contributed by atoms with Crippen molar-refractivity contribution in [2.45, 2.75) is 0 Å². The molecule has 2 N–H and O–H groups in total. The molecule has 0 unspecified atom stereocenters. The van der Waals surface area contributed by atoms with Crippen LogP contribution in [0.25, 0.3) is 5.69 Å². The number of aromatic nitrogens is 1. The summed E-state index contributed by atoms with van der Waals surface area (Å²) < 4.78 is 21.0. The number of halogens is 3. The number of nitrogens with two attached hydrogens (primary N) is 1. The predicted octanol–water partition coefficient (Wildman–Crippen LogP) is 3.38. The van der Waals surface area contributed by atoms with Crippen molar-refractivity contribution in [3.8, 4) is 11.8 Å². The maximum absolute atomic E-state index is 14.2. The summed E-state index contributed by atoms with van der Waals surface area (Å²) >= 11 is 6.40. The molecule has 1 heterocycles. The second-order valence-corrected chi connectivity index (χ2v) is 5.77. The molecule has 0 bridgehead atoms. The van der Waals surface area contributed by atoms with E-state index in [9.17, 15) is 9.18 Å². The first kappa shape index (κ1) is 15.5. The Kier molecular flexibility index (Phi) is 4.34. The van der Waals surface area contributed by atoms with Crippen LogP contribution in [0.1, 0.15) is 16.1 Å². The minimum absolute atomic E-state index is 0.0569. The van der Waals surface area contributed by atoms with Crippen LogP contribution in [0.4, 0.5) is 10.1 Å². The Morgan fingerprint density at radius 2 is 2.14 bits per heavy atom. The quantitative estimate of drug-likeness (QED) is 0.761. The summed E-state index contributed by atoms with van der Waals surface area (Å²) in [7, 11) is 1.18. The number of hydrogen-bond donors (Lipinski definition) is 1. The molecule has 0 aliphatic rings. The Bertz CT molecular complexity index is 757. The fourth-order valence-corrected chi connectivity index (χ4v) is 3.22. The van der Waals surface area contributed by atoms with E-state index in [1.54, 1.807) is 6.07 Å². The molecule has 8 heteroatoms. The molecular formula is C13H8Br2FN3O2. The van der Waals surface area contributed by atoms with Crippen LogP contribution in [0, 0.1) is 17.1 Å². The largest absolute Gasteiger partial charge is 0.464 e. The summed E-state index contributed by atoms with van der Waals surface area (Å²) in [4.78, 5) is 11.9. The third-order valence-corrected chi connectivity index (χ3v) is 3.83. The van der Waals surface area contributed by atoms with Gasteiger partial charge in [-0.3, -0.25) is 0 Å². The second kappa shape index (κ2) is 5.87. The van der Waals surface area contributed by atoms with Crippen LogP contribution in [0.5, 0.6) is 0 Å². The molecule has 0 spiro atoms. The van der Waals surface area contributed by atoms with Gasteiger partial charge in [0.2, 0.25) is 0 Å². The lowest BCUT2D eigenvalue weighted by Gasteiger charge is -2.12. The Balaban J connectivity index is 2.82. The first-order valence-electron chi connectivity index (χ1n) is 5.54. The van der Waals surface area contributed by atoms with Gasteiger partial charge in [0.25, 0.3) is 0 Å². The first-order valence-corrected chi connectivity index (χ1v) is 7.13. The minimum Gasteiger partial charge on any atom is -0.464 e. The van der Waals surface area contributed by atoms with E-state index in [-0.39, 0.29) is 22.6 Å². The SMILES string of the molecule is COC(=O)c1c(N)c(C#N)cn1-c1c(F)cc(Br)cc1Br. The predicted molar refractivity (Wildman–Crippen MR) is 81.6 cm³/mol. The van der Waals surface area contributed by atoms with E-state index in [0.29, 0.717) is 8.95 Å². The number of carbonyl (C=O) groups excluding carboxylic acids is 1. The Morgan fingerprint density at radius 3 is 2.67 bits per heavy atom. The highest BCUT2D eigenvalue weighted by Crippen LogP contribution is 2.32. The van der Waals surface area contributed by atoms with E-state index in [1.165, 1.54) is 23.9 Å². The number of ether oxygens (including phenoxy) is 1. The Hall–Kier alpha value is -1.85. The van der Waals surface area contributed by atoms with E-state index in [1.807, 2.05) is 6.07 Å². The number of nitrogen functional groups attached to an aromatic ring is 1. The zero-order valence-electron chi connectivity index (χ0n) is 10.7. The third-order valence-electron chi connectivity index (χ3n) is 2.77. The summed E-state index contributed by atoms with van der Waals surface area (Å²) in [6.07, 6.45) is 1.29. The van der Waals surface area contributed by atoms with Crippen LogP contribution in [-0.4, -0.2) is 17.6 Å². The maximum Gasteiger partial charge on any atom is 0.357 e. The number of methoxy groups -OCH3 is 1. The average molecular weight is 417 g/mol. The zero-order chi connectivity index (χ0) is 15.7. The van der Waals surface area contributed by atoms with Crippen LogP contribution in [0.2, 0.25) is 0 Å². The van der Waals surface area contributed by atoms with Crippen LogP contribution in [0.3, 0.4) is 0 Å². The third kappa shape index (κ3) is 2.66. The molecule has 0 aliphatic carbocycles. The molecule has 0 atom stereocenters. The highest BCUT2D eigenvalue weighted by atomic mass is 79.9. The molecule has 2 rings (SSSR count). The Labute approximate surface area is 136 Å². The minimum atomic E-state index is -0.761. The topological polar surface area (TPSA) is 81.0 Å². The molecule has 1 aromatic heterocycles. The molecule has 0 saturated carbocycles. The van der Waals surface area contributed by atoms with Crippen molar-refractivity contribution < 1.29 is 13.9 Å². The van der Waals surface area contributed by atoms with Crippen molar-refractivity contribution >= 4 is 43.5 Å². The van der Waals surface area contributed by atoms with E-state index in [0.717, 1.165) is 0 Å². The molecule has 0 fully saturated rings. The number of esters is 1. The number of anilines is 1. The zero-order valence-corrected chi connectivity index (χ0v) is 13.8. The molecule has 108 valence electrons. The smallest absolute Gasteiger partial charge is 0.357 e. The van der Waals surface area contributed by atoms with E-state index < -0.39 is 11.8 Å². The number of hydrogen-bond acceptors (Lipinski definition) is 4. The average Bonchev–Trinajstić information content (AvgIpc) is 2.73. The number of nitrogens with zero attached hydrogens (tertiary/aromatic N) is 2. The lowest BCUT2D eigenvalue weighted by Crippen LogP contribution is -2.12. The number of benzene rings is 1. The van der Waals surface area contributed by atoms with Gasteiger partial charge in [0.05, 0.1) is 24.0 Å². The lowest BCUT2D eigenvalue weighted by atomic mass is 10.2. The molecular weight excluding hydrogens is 409 g/mol. The highest BCUT2D eigenvalue weighted by molar-refractivity contribution is 9.11. The molecule has 5 nitrogen and oxygen atoms in total. The van der Waals surface area contributed by atoms with Crippen LogP contribution >= 0.6 is 31.9 Å². The molecule has 21 heavy (non-hydrogen) atoms. The van der Waals surface area contributed by atoms with Crippen LogP contribution in [0.15, 0.2) is 27.3 Å². The summed E-state index contributed by atoms with van der Waals surface area (Å²) in [5, 5.41) is 9.03. The molecule has 0 saturated heterocycles. The number of rotatable bonds is 2. The van der Waals surface area contributed by atoms with E-state index >= 15 is 0 Å². The van der Waals surface area contributed by atoms with E-state index in [4.69, 9.17) is 11.0 Å². The monoisotopic (exact) mass is 415 g/mol. The molecule has 0 radical (unpaired) electrons. The van der Waals surface area contributed by atoms with Crippen molar-refractivity contribution in [2.24, 2.45) is 0 Å². The van der Waals surface area contributed by atoms with Crippen molar-refractivity contribution in [3.63, 3.8) is 0 Å². The molecule has 1 aromatic carbocycles. The highest BCUT2D eigenvalue weighted by Gasteiger charge is 2.24. The normalized spacial score (nSPS) is 10.2. The van der Waals surface area contributed by atoms with Crippen molar-refractivity contribution in [2.75, 3.05) is 12.8 Å². The van der Waals surface area contributed by atoms with Gasteiger partial charge in [-0.05, 0) is 28.1 Å². The summed E-state index contributed by atoms with van der Waals surface area (Å²) in [6, 6.07) is 4.71. The molecule has 2 aromatic rings. The van der Waals surface area contributed by atoms with Gasteiger partial charge in [-0.2, -0.15) is 5.26 Å². The van der Waals surface area contributed by atoms with Gasteiger partial charge in [0.15, 0.2) is 5.69 Å². The molecule has 0 amide bonds. The fraction of sp³-hybridized carbons (Fsp3) is 0.0769. The van der Waals surface area contributed by atoms with E-state index in [2.05, 4.69) is 36.6 Å². The fourth-order valence-electron chi connectivity index (χ4n) is 1.86. The summed E-state index contributed by atoms with van der Waals surface area (Å²) in [5.41, 5.74) is 5.73. The summed E-state index contributed by atoms with van der Waals surface area (Å²) in [6.45, 7) is 0. The first-order chi connectivity index (χ1) is 9.90. The number of nitriles is 1. The van der Waals surface area contributed by atoms with Gasteiger partial charge in [-0.1, -0.05) is 15.9 Å². The van der Waals surface area contributed by atoms with Crippen LogP contribution in [-0.2, 0) is 4.74 Å². The van der Waals surface area contributed by atoms with Gasteiger partial charge in [0, 0.05) is 15.1 Å². The summed E-state index contributed by atoms with van der Waals surface area (Å²) in [5.74, 6) is -1.36. The molecule has 0 aliphatic heterocycles. The Morgan fingerprint density at radius 1 is 1.48 bits per heavy atom. The van der Waals surface area contributed by atoms with Gasteiger partial charge in [-0.25, -0.2) is 9.18 Å². The van der Waals surface area contributed by atoms with Crippen molar-refractivity contribution in [1.82, 2.24) is 4.57 Å². The van der Waals surface area contributed by atoms with Crippen molar-refractivity contribution in [3.05, 3.63) is 44.3 Å². The van der Waals surface area contributed by atoms with Crippen molar-refractivity contribution in [1.29, 1.82) is 5.26 Å². The van der Waals surface area contributed by atoms with Gasteiger partial charge in [-0.15, -0.1) is 0 Å². The van der Waals surface area contributed by atoms with Gasteiger partial charge in [0.1, 0.15) is 11.9 Å². The lowest BCUT2D eigenvalue weighted by molar-refractivity contribution is 0.0593. The van der Waals surface area contributed by atoms with Crippen LogP contribution < -0.4 is 5.73 Å².